The summed E-state index contributed by atoms with van der Waals surface area (Å²) in [6.07, 6.45) is 5.33. The molecule has 5 N–H and O–H groups in total. The van der Waals surface area contributed by atoms with Gasteiger partial charge in [0.2, 0.25) is 11.8 Å². The zero-order chi connectivity index (χ0) is 14.6. The topological polar surface area (TPSA) is 117 Å². The minimum atomic E-state index is -0.934. The third-order valence-corrected chi connectivity index (χ3v) is 4.30. The van der Waals surface area contributed by atoms with Crippen LogP contribution < -0.4 is 16.4 Å². The van der Waals surface area contributed by atoms with E-state index < -0.39 is 5.41 Å². The summed E-state index contributed by atoms with van der Waals surface area (Å²) >= 11 is 0. The summed E-state index contributed by atoms with van der Waals surface area (Å²) in [5.74, 6) is -0.306. The normalized spacial score (nSPS) is 26.7. The molecule has 1 saturated carbocycles. The third kappa shape index (κ3) is 2.86. The van der Waals surface area contributed by atoms with Gasteiger partial charge >= 0.3 is 0 Å². The van der Waals surface area contributed by atoms with E-state index in [2.05, 4.69) is 15.8 Å². The molecule has 2 aliphatic rings. The first-order valence-electron chi connectivity index (χ1n) is 7.14. The number of nitrogens with one attached hydrogen (secondary N) is 2. The Balaban J connectivity index is 2.13. The summed E-state index contributed by atoms with van der Waals surface area (Å²) in [4.78, 5) is 23.8. The number of nitrogens with two attached hydrogens (primary N) is 1. The second-order valence-corrected chi connectivity index (χ2v) is 5.66. The van der Waals surface area contributed by atoms with Crippen LogP contribution in [0.5, 0.6) is 0 Å². The number of oxime groups is 1. The average molecular weight is 282 g/mol. The fourth-order valence-electron chi connectivity index (χ4n) is 3.06. The quantitative estimate of drug-likeness (QED) is 0.193. The van der Waals surface area contributed by atoms with Gasteiger partial charge in [0.15, 0.2) is 5.84 Å². The Labute approximate surface area is 118 Å². The molecule has 7 heteroatoms. The molecule has 20 heavy (non-hydrogen) atoms. The van der Waals surface area contributed by atoms with Gasteiger partial charge in [-0.05, 0) is 12.8 Å². The monoisotopic (exact) mass is 282 g/mol. The molecule has 1 atom stereocenters. The maximum Gasteiger partial charge on any atom is 0.234 e. The number of amides is 2. The molecule has 1 aliphatic heterocycles. The van der Waals surface area contributed by atoms with Crippen LogP contribution in [0, 0.1) is 5.41 Å². The summed E-state index contributed by atoms with van der Waals surface area (Å²) in [7, 11) is 0. The Morgan fingerprint density at radius 2 is 2.00 bits per heavy atom. The van der Waals surface area contributed by atoms with E-state index in [9.17, 15) is 9.59 Å². The molecule has 0 aromatic heterocycles. The molecular weight excluding hydrogens is 260 g/mol. The number of carbonyl (C=O) groups is 2. The van der Waals surface area contributed by atoms with Crippen LogP contribution in [0.2, 0.25) is 0 Å². The van der Waals surface area contributed by atoms with Crippen molar-refractivity contribution in [2.45, 2.75) is 51.0 Å². The predicted molar refractivity (Wildman–Crippen MR) is 73.1 cm³/mol. The Morgan fingerprint density at radius 3 is 2.50 bits per heavy atom. The van der Waals surface area contributed by atoms with E-state index in [1.54, 1.807) is 0 Å². The second-order valence-electron chi connectivity index (χ2n) is 5.66. The van der Waals surface area contributed by atoms with E-state index >= 15 is 0 Å². The minimum absolute atomic E-state index is 0.0193. The third-order valence-electron chi connectivity index (χ3n) is 4.30. The van der Waals surface area contributed by atoms with Crippen molar-refractivity contribution in [3.63, 3.8) is 0 Å². The highest BCUT2D eigenvalue weighted by atomic mass is 16.4. The lowest BCUT2D eigenvalue weighted by Gasteiger charge is -2.31. The lowest BCUT2D eigenvalue weighted by Crippen LogP contribution is -2.52. The molecule has 1 saturated heterocycles. The van der Waals surface area contributed by atoms with Crippen LogP contribution in [0.15, 0.2) is 5.16 Å². The Hall–Kier alpha value is -1.79. The van der Waals surface area contributed by atoms with Crippen LogP contribution in [-0.4, -0.2) is 35.4 Å². The van der Waals surface area contributed by atoms with Crippen molar-refractivity contribution in [1.82, 2.24) is 10.6 Å². The number of carbonyl (C=O) groups excluding carboxylic acids is 2. The minimum Gasteiger partial charge on any atom is -0.409 e. The number of nitrogens with zero attached hydrogens (tertiary/aromatic N) is 1. The van der Waals surface area contributed by atoms with Crippen molar-refractivity contribution in [3.8, 4) is 0 Å². The predicted octanol–water partition coefficient (Wildman–Crippen LogP) is 0.0781. The lowest BCUT2D eigenvalue weighted by atomic mass is 9.78. The van der Waals surface area contributed by atoms with Crippen LogP contribution in [0.1, 0.15) is 44.9 Å². The van der Waals surface area contributed by atoms with E-state index in [1.165, 1.54) is 0 Å². The molecule has 0 aromatic carbocycles. The molecule has 112 valence electrons. The van der Waals surface area contributed by atoms with Crippen molar-refractivity contribution in [2.24, 2.45) is 16.3 Å². The van der Waals surface area contributed by atoms with Gasteiger partial charge in [-0.3, -0.25) is 9.59 Å². The van der Waals surface area contributed by atoms with Gasteiger partial charge in [-0.15, -0.1) is 0 Å². The Kier molecular flexibility index (Phi) is 4.46. The molecular formula is C13H22N4O3. The van der Waals surface area contributed by atoms with Crippen LogP contribution in [-0.2, 0) is 9.59 Å². The molecule has 2 amide bonds. The molecule has 2 fully saturated rings. The Morgan fingerprint density at radius 1 is 1.35 bits per heavy atom. The van der Waals surface area contributed by atoms with Crippen LogP contribution in [0.4, 0.5) is 0 Å². The van der Waals surface area contributed by atoms with E-state index in [0.29, 0.717) is 19.4 Å². The smallest absolute Gasteiger partial charge is 0.234 e. The van der Waals surface area contributed by atoms with Crippen molar-refractivity contribution in [1.29, 1.82) is 0 Å². The van der Waals surface area contributed by atoms with Gasteiger partial charge in [0.05, 0.1) is 6.04 Å². The molecule has 0 spiro atoms. The van der Waals surface area contributed by atoms with E-state index in [4.69, 9.17) is 10.9 Å². The van der Waals surface area contributed by atoms with Gasteiger partial charge in [-0.2, -0.15) is 0 Å². The largest absolute Gasteiger partial charge is 0.409 e. The van der Waals surface area contributed by atoms with Crippen LogP contribution in [0.25, 0.3) is 0 Å². The fraction of sp³-hybridized carbons (Fsp3) is 0.769. The molecule has 0 aromatic rings. The summed E-state index contributed by atoms with van der Waals surface area (Å²) in [5.41, 5.74) is 4.88. The highest BCUT2D eigenvalue weighted by molar-refractivity contribution is 6.07. The van der Waals surface area contributed by atoms with E-state index in [1.807, 2.05) is 0 Å². The molecule has 1 heterocycles. The Bertz CT molecular complexity index is 414. The van der Waals surface area contributed by atoms with Crippen molar-refractivity contribution in [3.05, 3.63) is 0 Å². The number of rotatable bonds is 3. The van der Waals surface area contributed by atoms with Gasteiger partial charge in [0, 0.05) is 13.0 Å². The van der Waals surface area contributed by atoms with Crippen molar-refractivity contribution in [2.75, 3.05) is 6.54 Å². The van der Waals surface area contributed by atoms with Gasteiger partial charge < -0.3 is 21.6 Å². The summed E-state index contributed by atoms with van der Waals surface area (Å²) in [6, 6.07) is -0.207. The highest BCUT2D eigenvalue weighted by Gasteiger charge is 2.44. The lowest BCUT2D eigenvalue weighted by molar-refractivity contribution is -0.128. The van der Waals surface area contributed by atoms with Crippen molar-refractivity contribution < 1.29 is 14.8 Å². The van der Waals surface area contributed by atoms with E-state index in [-0.39, 0.29) is 30.1 Å². The molecule has 7 nitrogen and oxygen atoms in total. The van der Waals surface area contributed by atoms with Crippen molar-refractivity contribution >= 4 is 17.6 Å². The molecule has 0 bridgehead atoms. The number of hydrogen-bond donors (Lipinski definition) is 4. The number of amidine groups is 1. The molecule has 1 aliphatic carbocycles. The summed E-state index contributed by atoms with van der Waals surface area (Å²) < 4.78 is 0. The maximum atomic E-state index is 12.6. The van der Waals surface area contributed by atoms with Gasteiger partial charge in [-0.1, -0.05) is 30.8 Å². The average Bonchev–Trinajstić information content (AvgIpc) is 2.70. The molecule has 1 unspecified atom stereocenters. The molecule has 0 radical (unpaired) electrons. The van der Waals surface area contributed by atoms with Gasteiger partial charge in [0.1, 0.15) is 5.41 Å². The standard InChI is InChI=1S/C13H22N4O3/c14-11(17-20)13(5-3-1-2-4-6-13)12(19)16-9-7-10(18)15-8-9/h9,20H,1-8H2,(H2,14,17)(H,15,18)(H,16,19). The van der Waals surface area contributed by atoms with Crippen LogP contribution >= 0.6 is 0 Å². The second kappa shape index (κ2) is 6.11. The summed E-state index contributed by atoms with van der Waals surface area (Å²) in [6.45, 7) is 0.441. The summed E-state index contributed by atoms with van der Waals surface area (Å²) in [5, 5.41) is 17.7. The molecule has 2 rings (SSSR count). The fourth-order valence-corrected chi connectivity index (χ4v) is 3.06. The zero-order valence-corrected chi connectivity index (χ0v) is 11.5. The van der Waals surface area contributed by atoms with Gasteiger partial charge in [0.25, 0.3) is 0 Å². The first-order valence-corrected chi connectivity index (χ1v) is 7.14. The van der Waals surface area contributed by atoms with E-state index in [0.717, 1.165) is 25.7 Å². The maximum absolute atomic E-state index is 12.6. The first kappa shape index (κ1) is 14.6. The number of hydrogen-bond acceptors (Lipinski definition) is 4. The SMILES string of the molecule is NC(=NO)C1(C(=O)NC2CNC(=O)C2)CCCCCC1. The highest BCUT2D eigenvalue weighted by Crippen LogP contribution is 2.36. The first-order chi connectivity index (χ1) is 9.58. The zero-order valence-electron chi connectivity index (χ0n) is 11.5. The van der Waals surface area contributed by atoms with Crippen LogP contribution in [0.3, 0.4) is 0 Å². The van der Waals surface area contributed by atoms with Gasteiger partial charge in [-0.25, -0.2) is 0 Å².